The van der Waals surface area contributed by atoms with Crippen LogP contribution in [0.4, 0.5) is 10.5 Å². The van der Waals surface area contributed by atoms with Gasteiger partial charge in [-0.15, -0.1) is 11.3 Å². The number of anilines is 1. The smallest absolute Gasteiger partial charge is 0.319 e. The number of halogens is 1. The fourth-order valence-electron chi connectivity index (χ4n) is 1.77. The van der Waals surface area contributed by atoms with Crippen molar-refractivity contribution >= 4 is 39.0 Å². The van der Waals surface area contributed by atoms with Crippen LogP contribution in [0, 0.1) is 6.92 Å². The third-order valence-corrected chi connectivity index (χ3v) is 4.38. The van der Waals surface area contributed by atoms with Crippen molar-refractivity contribution < 1.29 is 14.3 Å². The molecule has 2 N–H and O–H groups in total. The zero-order valence-electron chi connectivity index (χ0n) is 12.4. The van der Waals surface area contributed by atoms with Crippen LogP contribution in [0.5, 0.6) is 11.5 Å². The Kier molecular flexibility index (Phi) is 5.62. The number of urea groups is 1. The van der Waals surface area contributed by atoms with E-state index in [1.165, 1.54) is 0 Å². The van der Waals surface area contributed by atoms with Crippen molar-refractivity contribution in [1.82, 2.24) is 10.3 Å². The number of ether oxygens (including phenoxy) is 2. The van der Waals surface area contributed by atoms with E-state index in [-0.39, 0.29) is 6.03 Å². The lowest BCUT2D eigenvalue weighted by atomic mass is 10.2. The van der Waals surface area contributed by atoms with Gasteiger partial charge in [0.05, 0.1) is 31.5 Å². The highest BCUT2D eigenvalue weighted by Crippen LogP contribution is 2.36. The van der Waals surface area contributed by atoms with Crippen LogP contribution >= 0.6 is 27.3 Å². The Bertz CT molecular complexity index is 675. The van der Waals surface area contributed by atoms with Crippen molar-refractivity contribution in [3.05, 3.63) is 32.7 Å². The summed E-state index contributed by atoms with van der Waals surface area (Å²) in [4.78, 5) is 17.1. The Morgan fingerprint density at radius 1 is 1.32 bits per heavy atom. The fourth-order valence-corrected chi connectivity index (χ4v) is 2.93. The maximum absolute atomic E-state index is 12.0. The van der Waals surface area contributed by atoms with Gasteiger partial charge in [0.2, 0.25) is 0 Å². The number of benzene rings is 1. The zero-order chi connectivity index (χ0) is 16.1. The van der Waals surface area contributed by atoms with Gasteiger partial charge in [-0.3, -0.25) is 0 Å². The molecule has 2 rings (SSSR count). The summed E-state index contributed by atoms with van der Waals surface area (Å²) in [5.41, 5.74) is 0.593. The first-order valence-corrected chi connectivity index (χ1v) is 8.02. The van der Waals surface area contributed by atoms with E-state index in [9.17, 15) is 4.79 Å². The second-order valence-corrected chi connectivity index (χ2v) is 6.51. The number of nitrogens with one attached hydrogen (secondary N) is 2. The normalized spacial score (nSPS) is 10.2. The largest absolute Gasteiger partial charge is 0.493 e. The Labute approximate surface area is 141 Å². The van der Waals surface area contributed by atoms with E-state index in [1.807, 2.05) is 6.92 Å². The quantitative estimate of drug-likeness (QED) is 0.825. The van der Waals surface area contributed by atoms with Crippen molar-refractivity contribution in [3.8, 4) is 11.5 Å². The maximum atomic E-state index is 12.0. The first-order valence-electron chi connectivity index (χ1n) is 6.41. The van der Waals surface area contributed by atoms with Crippen LogP contribution in [0.1, 0.15) is 9.88 Å². The molecule has 0 saturated carbocycles. The van der Waals surface area contributed by atoms with Gasteiger partial charge in [0, 0.05) is 27.7 Å². The number of thiazole rings is 1. The van der Waals surface area contributed by atoms with Crippen LogP contribution in [-0.4, -0.2) is 25.2 Å². The highest BCUT2D eigenvalue weighted by molar-refractivity contribution is 9.10. The standard InChI is InChI=1S/C14H16BrN3O3S/c1-8-16-6-9(22-8)7-17-14(19)18-11-5-13(21-3)12(20-2)4-10(11)15/h4-6H,7H2,1-3H3,(H2,17,18,19). The van der Waals surface area contributed by atoms with Crippen LogP contribution in [-0.2, 0) is 6.54 Å². The zero-order valence-corrected chi connectivity index (χ0v) is 14.8. The summed E-state index contributed by atoms with van der Waals surface area (Å²) < 4.78 is 11.1. The topological polar surface area (TPSA) is 72.5 Å². The molecule has 6 nitrogen and oxygen atoms in total. The molecular formula is C14H16BrN3O3S. The lowest BCUT2D eigenvalue weighted by Gasteiger charge is -2.13. The van der Waals surface area contributed by atoms with E-state index in [1.54, 1.807) is 43.9 Å². The first kappa shape index (κ1) is 16.6. The minimum atomic E-state index is -0.307. The number of rotatable bonds is 5. The van der Waals surface area contributed by atoms with Gasteiger partial charge >= 0.3 is 6.03 Å². The third kappa shape index (κ3) is 4.11. The average Bonchev–Trinajstić information content (AvgIpc) is 2.92. The van der Waals surface area contributed by atoms with Gasteiger partial charge in [0.1, 0.15) is 0 Å². The molecule has 8 heteroatoms. The Morgan fingerprint density at radius 3 is 2.59 bits per heavy atom. The van der Waals surface area contributed by atoms with Crippen molar-refractivity contribution in [2.75, 3.05) is 19.5 Å². The number of carbonyl (C=O) groups excluding carboxylic acids is 1. The minimum Gasteiger partial charge on any atom is -0.493 e. The Balaban J connectivity index is 2.01. The molecule has 0 fully saturated rings. The molecule has 0 aliphatic carbocycles. The van der Waals surface area contributed by atoms with Gasteiger partial charge in [-0.25, -0.2) is 9.78 Å². The van der Waals surface area contributed by atoms with Gasteiger partial charge < -0.3 is 20.1 Å². The molecule has 0 bridgehead atoms. The van der Waals surface area contributed by atoms with E-state index < -0.39 is 0 Å². The lowest BCUT2D eigenvalue weighted by molar-refractivity contribution is 0.252. The third-order valence-electron chi connectivity index (χ3n) is 2.81. The van der Waals surface area contributed by atoms with Gasteiger partial charge in [0.15, 0.2) is 11.5 Å². The summed E-state index contributed by atoms with van der Waals surface area (Å²) >= 11 is 4.94. The molecule has 0 saturated heterocycles. The second-order valence-electron chi connectivity index (χ2n) is 4.34. The van der Waals surface area contributed by atoms with Crippen LogP contribution in [0.2, 0.25) is 0 Å². The van der Waals surface area contributed by atoms with E-state index in [4.69, 9.17) is 9.47 Å². The molecule has 1 aromatic heterocycles. The molecule has 2 amide bonds. The number of hydrogen-bond acceptors (Lipinski definition) is 5. The molecule has 118 valence electrons. The molecule has 2 aromatic rings. The number of hydrogen-bond donors (Lipinski definition) is 2. The van der Waals surface area contributed by atoms with Crippen LogP contribution in [0.15, 0.2) is 22.8 Å². The van der Waals surface area contributed by atoms with E-state index in [0.717, 1.165) is 9.88 Å². The molecule has 22 heavy (non-hydrogen) atoms. The van der Waals surface area contributed by atoms with Gasteiger partial charge in [0.25, 0.3) is 0 Å². The van der Waals surface area contributed by atoms with Gasteiger partial charge in [-0.2, -0.15) is 0 Å². The number of methoxy groups -OCH3 is 2. The lowest BCUT2D eigenvalue weighted by Crippen LogP contribution is -2.28. The highest BCUT2D eigenvalue weighted by Gasteiger charge is 2.12. The van der Waals surface area contributed by atoms with Crippen molar-refractivity contribution in [1.29, 1.82) is 0 Å². The molecule has 1 aromatic carbocycles. The number of aromatic nitrogens is 1. The van der Waals surface area contributed by atoms with E-state index in [2.05, 4.69) is 31.5 Å². The molecule has 0 aliphatic rings. The van der Waals surface area contributed by atoms with Gasteiger partial charge in [-0.05, 0) is 22.9 Å². The Morgan fingerprint density at radius 2 is 2.00 bits per heavy atom. The van der Waals surface area contributed by atoms with Gasteiger partial charge in [-0.1, -0.05) is 0 Å². The number of nitrogens with zero attached hydrogens (tertiary/aromatic N) is 1. The van der Waals surface area contributed by atoms with E-state index in [0.29, 0.717) is 28.2 Å². The van der Waals surface area contributed by atoms with Crippen molar-refractivity contribution in [3.63, 3.8) is 0 Å². The molecule has 1 heterocycles. The van der Waals surface area contributed by atoms with Crippen LogP contribution in [0.25, 0.3) is 0 Å². The molecule has 0 aliphatic heterocycles. The van der Waals surface area contributed by atoms with E-state index >= 15 is 0 Å². The minimum absolute atomic E-state index is 0.307. The predicted molar refractivity (Wildman–Crippen MR) is 90.0 cm³/mol. The maximum Gasteiger partial charge on any atom is 0.319 e. The summed E-state index contributed by atoms with van der Waals surface area (Å²) in [6.07, 6.45) is 1.76. The fraction of sp³-hybridized carbons (Fsp3) is 0.286. The van der Waals surface area contributed by atoms with Crippen molar-refractivity contribution in [2.24, 2.45) is 0 Å². The molecule has 0 atom stereocenters. The first-order chi connectivity index (χ1) is 10.5. The predicted octanol–water partition coefficient (Wildman–Crippen LogP) is 3.55. The highest BCUT2D eigenvalue weighted by atomic mass is 79.9. The van der Waals surface area contributed by atoms with Crippen LogP contribution in [0.3, 0.4) is 0 Å². The Hall–Kier alpha value is -1.80. The number of amides is 2. The monoisotopic (exact) mass is 385 g/mol. The number of carbonyl (C=O) groups is 1. The summed E-state index contributed by atoms with van der Waals surface area (Å²) in [6.45, 7) is 2.36. The van der Waals surface area contributed by atoms with Crippen molar-refractivity contribution in [2.45, 2.75) is 13.5 Å². The molecule has 0 unspecified atom stereocenters. The number of aryl methyl sites for hydroxylation is 1. The summed E-state index contributed by atoms with van der Waals surface area (Å²) in [5.74, 6) is 1.12. The second kappa shape index (κ2) is 7.46. The average molecular weight is 386 g/mol. The SMILES string of the molecule is COc1cc(Br)c(NC(=O)NCc2cnc(C)s2)cc1OC. The molecular weight excluding hydrogens is 370 g/mol. The summed E-state index contributed by atoms with van der Waals surface area (Å²) in [7, 11) is 3.10. The summed E-state index contributed by atoms with van der Waals surface area (Å²) in [6, 6.07) is 3.12. The molecule has 0 spiro atoms. The summed E-state index contributed by atoms with van der Waals surface area (Å²) in [5, 5.41) is 6.52. The van der Waals surface area contributed by atoms with Crippen LogP contribution < -0.4 is 20.1 Å². The molecule has 0 radical (unpaired) electrons.